The van der Waals surface area contributed by atoms with Gasteiger partial charge in [-0.3, -0.25) is 9.59 Å². The van der Waals surface area contributed by atoms with Crippen molar-refractivity contribution in [2.45, 2.75) is 44.8 Å². The van der Waals surface area contributed by atoms with E-state index in [9.17, 15) is 19.5 Å². The van der Waals surface area contributed by atoms with E-state index in [1.54, 1.807) is 18.2 Å². The summed E-state index contributed by atoms with van der Waals surface area (Å²) < 4.78 is 17.3. The minimum atomic E-state index is -1.21. The van der Waals surface area contributed by atoms with Gasteiger partial charge in [-0.15, -0.1) is 0 Å². The predicted molar refractivity (Wildman–Crippen MR) is 168 cm³/mol. The monoisotopic (exact) mass is 611 g/mol. The van der Waals surface area contributed by atoms with E-state index in [0.717, 1.165) is 16.7 Å². The Morgan fingerprint density at radius 2 is 1.22 bits per heavy atom. The Bertz CT molecular complexity index is 1520. The molecule has 2 atom stereocenters. The number of hydrogen-bond acceptors (Lipinski definition) is 7. The van der Waals surface area contributed by atoms with Gasteiger partial charge in [0.15, 0.2) is 11.5 Å². The third-order valence-corrected chi connectivity index (χ3v) is 6.72. The molecule has 0 bridgehead atoms. The average Bonchev–Trinajstić information content (AvgIpc) is 3.06. The summed E-state index contributed by atoms with van der Waals surface area (Å²) in [5.74, 6) is -0.343. The fourth-order valence-corrected chi connectivity index (χ4v) is 4.36. The van der Waals surface area contributed by atoms with E-state index in [-0.39, 0.29) is 26.0 Å². The number of aliphatic hydroxyl groups excluding tert-OH is 1. The van der Waals surface area contributed by atoms with Gasteiger partial charge < -0.3 is 35.7 Å². The van der Waals surface area contributed by atoms with Gasteiger partial charge in [-0.05, 0) is 34.4 Å². The number of carbonyl (C=O) groups excluding carboxylic acids is 3. The van der Waals surface area contributed by atoms with Crippen LogP contribution in [-0.4, -0.2) is 41.7 Å². The number of ether oxygens (including phenoxy) is 3. The summed E-state index contributed by atoms with van der Waals surface area (Å²) in [5, 5.41) is 15.3. The smallest absolute Gasteiger partial charge is 0.407 e. The first-order valence-electron chi connectivity index (χ1n) is 14.5. The lowest BCUT2D eigenvalue weighted by molar-refractivity contribution is -0.128. The van der Waals surface area contributed by atoms with Gasteiger partial charge in [0.25, 0.3) is 0 Å². The van der Waals surface area contributed by atoms with E-state index in [2.05, 4.69) is 10.6 Å². The van der Waals surface area contributed by atoms with Crippen molar-refractivity contribution in [2.75, 3.05) is 6.54 Å². The molecule has 0 spiro atoms. The van der Waals surface area contributed by atoms with Crippen LogP contribution in [0.3, 0.4) is 0 Å². The van der Waals surface area contributed by atoms with Gasteiger partial charge in [0.2, 0.25) is 11.8 Å². The molecule has 5 N–H and O–H groups in total. The number of nitrogens with one attached hydrogen (secondary N) is 2. The molecule has 4 rings (SSSR count). The summed E-state index contributed by atoms with van der Waals surface area (Å²) in [7, 11) is 0. The lowest BCUT2D eigenvalue weighted by Crippen LogP contribution is -2.47. The van der Waals surface area contributed by atoms with Gasteiger partial charge in [-0.25, -0.2) is 4.79 Å². The number of amides is 3. The fourth-order valence-electron chi connectivity index (χ4n) is 4.36. The summed E-state index contributed by atoms with van der Waals surface area (Å²) in [4.78, 5) is 36.9. The first-order chi connectivity index (χ1) is 21.9. The second-order valence-electron chi connectivity index (χ2n) is 10.4. The van der Waals surface area contributed by atoms with Crippen LogP contribution < -0.4 is 25.8 Å². The molecule has 0 saturated heterocycles. The van der Waals surface area contributed by atoms with Crippen molar-refractivity contribution >= 4 is 17.9 Å². The molecule has 4 aromatic rings. The molecule has 0 aliphatic carbocycles. The van der Waals surface area contributed by atoms with Crippen molar-refractivity contribution in [1.29, 1.82) is 0 Å². The molecule has 4 aromatic carbocycles. The lowest BCUT2D eigenvalue weighted by atomic mass is 10.0. The molecule has 10 heteroatoms. The van der Waals surface area contributed by atoms with Gasteiger partial charge in [-0.1, -0.05) is 97.1 Å². The van der Waals surface area contributed by atoms with Crippen LogP contribution in [0.1, 0.15) is 28.7 Å². The molecular formula is C35H37N3O7. The summed E-state index contributed by atoms with van der Waals surface area (Å²) in [6, 6.07) is 32.8. The van der Waals surface area contributed by atoms with Gasteiger partial charge in [0.05, 0.1) is 12.5 Å². The third-order valence-electron chi connectivity index (χ3n) is 6.72. The zero-order chi connectivity index (χ0) is 31.9. The molecule has 0 fully saturated rings. The van der Waals surface area contributed by atoms with Crippen LogP contribution in [0.5, 0.6) is 11.5 Å². The largest absolute Gasteiger partial charge is 0.485 e. The molecule has 0 unspecified atom stereocenters. The minimum absolute atomic E-state index is 0.0721. The van der Waals surface area contributed by atoms with Crippen LogP contribution in [0.25, 0.3) is 0 Å². The van der Waals surface area contributed by atoms with Crippen LogP contribution in [0.2, 0.25) is 0 Å². The Morgan fingerprint density at radius 3 is 1.78 bits per heavy atom. The SMILES string of the molecule is NC(=O)[C@H](Cc1ccc(OCc2ccccc2)c(OCc2ccccc2)c1)NC(=O)C[C@H](O)CNC(=O)OCc1ccccc1. The highest BCUT2D eigenvalue weighted by atomic mass is 16.5. The Balaban J connectivity index is 1.32. The second-order valence-corrected chi connectivity index (χ2v) is 10.4. The number of nitrogens with two attached hydrogens (primary N) is 1. The fraction of sp³-hybridized carbons (Fsp3) is 0.229. The first-order valence-corrected chi connectivity index (χ1v) is 14.5. The third kappa shape index (κ3) is 11.3. The molecule has 0 radical (unpaired) electrons. The van der Waals surface area contributed by atoms with E-state index < -0.39 is 30.1 Å². The number of hydrogen-bond donors (Lipinski definition) is 4. The molecule has 10 nitrogen and oxygen atoms in total. The molecule has 3 amide bonds. The highest BCUT2D eigenvalue weighted by Gasteiger charge is 2.22. The number of primary amides is 1. The van der Waals surface area contributed by atoms with Gasteiger partial charge in [-0.2, -0.15) is 0 Å². The van der Waals surface area contributed by atoms with Crippen molar-refractivity contribution in [3.63, 3.8) is 0 Å². The lowest BCUT2D eigenvalue weighted by Gasteiger charge is -2.19. The maximum atomic E-state index is 12.6. The van der Waals surface area contributed by atoms with Crippen molar-refractivity contribution < 1.29 is 33.7 Å². The van der Waals surface area contributed by atoms with Gasteiger partial charge >= 0.3 is 6.09 Å². The predicted octanol–water partition coefficient (Wildman–Crippen LogP) is 4.03. The normalized spacial score (nSPS) is 11.9. The number of rotatable bonds is 16. The standard InChI is InChI=1S/C35H37N3O7/c36-34(41)30(38-33(40)20-29(39)21-37-35(42)45-24-27-14-8-3-9-15-27)18-28-16-17-31(43-22-25-10-4-1-5-11-25)32(19-28)44-23-26-12-6-2-7-13-26/h1-17,19,29-30,39H,18,20-24H2,(H2,36,41)(H,37,42)(H,38,40)/t29-,30-/m0/s1. The van der Waals surface area contributed by atoms with Crippen LogP contribution in [0.4, 0.5) is 4.79 Å². The topological polar surface area (TPSA) is 149 Å². The summed E-state index contributed by atoms with van der Waals surface area (Å²) >= 11 is 0. The maximum absolute atomic E-state index is 12.6. The Morgan fingerprint density at radius 1 is 0.689 bits per heavy atom. The van der Waals surface area contributed by atoms with E-state index in [0.29, 0.717) is 30.3 Å². The zero-order valence-electron chi connectivity index (χ0n) is 24.8. The first kappa shape index (κ1) is 32.6. The summed E-state index contributed by atoms with van der Waals surface area (Å²) in [6.07, 6.45) is -2.21. The van der Waals surface area contributed by atoms with Crippen LogP contribution in [0, 0.1) is 0 Å². The Labute approximate surface area is 262 Å². The average molecular weight is 612 g/mol. The van der Waals surface area contributed by atoms with E-state index in [4.69, 9.17) is 19.9 Å². The number of benzene rings is 4. The van der Waals surface area contributed by atoms with Gasteiger partial charge in [0.1, 0.15) is 25.9 Å². The van der Waals surface area contributed by atoms with E-state index >= 15 is 0 Å². The van der Waals surface area contributed by atoms with Crippen molar-refractivity contribution in [3.05, 3.63) is 131 Å². The molecule has 0 heterocycles. The molecule has 0 aliphatic rings. The van der Waals surface area contributed by atoms with Crippen molar-refractivity contribution in [2.24, 2.45) is 5.73 Å². The second kappa shape index (κ2) is 17.1. The molecular weight excluding hydrogens is 574 g/mol. The quantitative estimate of drug-likeness (QED) is 0.149. The maximum Gasteiger partial charge on any atom is 0.407 e. The minimum Gasteiger partial charge on any atom is -0.485 e. The highest BCUT2D eigenvalue weighted by Crippen LogP contribution is 2.30. The van der Waals surface area contributed by atoms with Crippen LogP contribution in [-0.2, 0) is 40.6 Å². The zero-order valence-corrected chi connectivity index (χ0v) is 24.8. The Hall–Kier alpha value is -5.35. The van der Waals surface area contributed by atoms with Crippen molar-refractivity contribution in [1.82, 2.24) is 10.6 Å². The Kier molecular flexibility index (Phi) is 12.4. The van der Waals surface area contributed by atoms with Gasteiger partial charge in [0, 0.05) is 13.0 Å². The molecule has 0 saturated carbocycles. The highest BCUT2D eigenvalue weighted by molar-refractivity contribution is 5.87. The molecule has 0 aromatic heterocycles. The van der Waals surface area contributed by atoms with E-state index in [1.807, 2.05) is 91.0 Å². The molecule has 45 heavy (non-hydrogen) atoms. The number of aliphatic hydroxyl groups is 1. The van der Waals surface area contributed by atoms with E-state index in [1.165, 1.54) is 0 Å². The van der Waals surface area contributed by atoms with Crippen LogP contribution >= 0.6 is 0 Å². The number of carbonyl (C=O) groups is 3. The van der Waals surface area contributed by atoms with Crippen molar-refractivity contribution in [3.8, 4) is 11.5 Å². The summed E-state index contributed by atoms with van der Waals surface area (Å²) in [6.45, 7) is 0.495. The molecule has 0 aliphatic heterocycles. The summed E-state index contributed by atoms with van der Waals surface area (Å²) in [5.41, 5.74) is 9.07. The van der Waals surface area contributed by atoms with Crippen LogP contribution in [0.15, 0.2) is 109 Å². The molecule has 234 valence electrons. The number of alkyl carbamates (subject to hydrolysis) is 1.